The molecular weight excluding hydrogens is 409 g/mol. The van der Waals surface area contributed by atoms with Gasteiger partial charge < -0.3 is 20.4 Å². The van der Waals surface area contributed by atoms with E-state index < -0.39 is 0 Å². The zero-order chi connectivity index (χ0) is 19.1. The molecule has 5 nitrogen and oxygen atoms in total. The highest BCUT2D eigenvalue weighted by Gasteiger charge is 2.13. The Balaban J connectivity index is 0.00000210. The molecule has 0 aliphatic carbocycles. The van der Waals surface area contributed by atoms with Gasteiger partial charge in [-0.25, -0.2) is 0 Å². The minimum Gasteiger partial charge on any atom is -0.458 e. The molecule has 7 heteroatoms. The van der Waals surface area contributed by atoms with E-state index in [0.717, 1.165) is 42.3 Å². The Morgan fingerprint density at radius 1 is 1.03 bits per heavy atom. The van der Waals surface area contributed by atoms with E-state index in [1.165, 1.54) is 5.56 Å². The second-order valence-electron chi connectivity index (χ2n) is 6.84. The number of aryl methyl sites for hydroxylation is 1. The fourth-order valence-corrected chi connectivity index (χ4v) is 3.12. The topological polar surface area (TPSA) is 71.5 Å². The number of halogens is 2. The minimum atomic E-state index is -0.162. The first kappa shape index (κ1) is 25.0. The van der Waals surface area contributed by atoms with Gasteiger partial charge in [0.1, 0.15) is 0 Å². The van der Waals surface area contributed by atoms with Crippen LogP contribution in [0.15, 0.2) is 59.2 Å². The third-order valence-electron chi connectivity index (χ3n) is 4.76. The molecule has 1 amide bonds. The minimum absolute atomic E-state index is 0. The van der Waals surface area contributed by atoms with Crippen LogP contribution < -0.4 is 11.1 Å². The Morgan fingerprint density at radius 3 is 2.45 bits per heavy atom. The molecule has 0 saturated heterocycles. The number of likely N-dealkylation sites (N-methyl/N-ethyl adjacent to an activating group) is 1. The molecule has 3 aromatic rings. The molecule has 0 unspecified atom stereocenters. The third-order valence-corrected chi connectivity index (χ3v) is 4.76. The molecule has 2 aromatic carbocycles. The summed E-state index contributed by atoms with van der Waals surface area (Å²) in [5.41, 5.74) is 8.12. The number of hydrogen-bond donors (Lipinski definition) is 2. The van der Waals surface area contributed by atoms with E-state index in [4.69, 9.17) is 10.2 Å². The SMILES string of the molecule is CN(CCCc1ccc(CN)cc1)CCNC(=O)c1occ2ccccc12.Cl.Cl. The number of nitrogens with one attached hydrogen (secondary N) is 1. The van der Waals surface area contributed by atoms with Gasteiger partial charge in [0.05, 0.1) is 6.26 Å². The Kier molecular flexibility index (Phi) is 10.8. The van der Waals surface area contributed by atoms with E-state index in [1.807, 2.05) is 24.3 Å². The first-order valence-electron chi connectivity index (χ1n) is 9.38. The summed E-state index contributed by atoms with van der Waals surface area (Å²) in [4.78, 5) is 14.6. The van der Waals surface area contributed by atoms with Crippen LogP contribution in [0.1, 0.15) is 28.1 Å². The second kappa shape index (κ2) is 12.5. The maximum Gasteiger partial charge on any atom is 0.287 e. The van der Waals surface area contributed by atoms with Crippen molar-refractivity contribution in [2.24, 2.45) is 5.73 Å². The second-order valence-corrected chi connectivity index (χ2v) is 6.84. The zero-order valence-electron chi connectivity index (χ0n) is 16.6. The number of rotatable bonds is 9. The Morgan fingerprint density at radius 2 is 1.72 bits per heavy atom. The Hall–Kier alpha value is -2.05. The Labute approximate surface area is 184 Å². The van der Waals surface area contributed by atoms with E-state index in [-0.39, 0.29) is 30.7 Å². The highest BCUT2D eigenvalue weighted by atomic mass is 35.5. The number of hydrogen-bond acceptors (Lipinski definition) is 4. The van der Waals surface area contributed by atoms with Crippen molar-refractivity contribution >= 4 is 41.5 Å². The first-order chi connectivity index (χ1) is 13.2. The number of amides is 1. The summed E-state index contributed by atoms with van der Waals surface area (Å²) in [5.74, 6) is 0.221. The monoisotopic (exact) mass is 437 g/mol. The quantitative estimate of drug-likeness (QED) is 0.529. The maximum atomic E-state index is 12.3. The van der Waals surface area contributed by atoms with Crippen molar-refractivity contribution in [3.05, 3.63) is 71.7 Å². The third kappa shape index (κ3) is 7.05. The molecule has 1 aromatic heterocycles. The lowest BCUT2D eigenvalue weighted by Crippen LogP contribution is -2.33. The molecule has 29 heavy (non-hydrogen) atoms. The largest absolute Gasteiger partial charge is 0.458 e. The smallest absolute Gasteiger partial charge is 0.287 e. The van der Waals surface area contributed by atoms with Gasteiger partial charge in [-0.05, 0) is 37.6 Å². The molecule has 1 heterocycles. The lowest BCUT2D eigenvalue weighted by molar-refractivity contribution is 0.0924. The number of furan rings is 1. The molecule has 0 spiro atoms. The summed E-state index contributed by atoms with van der Waals surface area (Å²) in [5, 5.41) is 4.74. The number of nitrogens with two attached hydrogens (primary N) is 1. The molecule has 158 valence electrons. The van der Waals surface area contributed by atoms with Crippen molar-refractivity contribution in [3.8, 4) is 0 Å². The lowest BCUT2D eigenvalue weighted by Gasteiger charge is -2.16. The van der Waals surface area contributed by atoms with Crippen molar-refractivity contribution < 1.29 is 9.21 Å². The van der Waals surface area contributed by atoms with Crippen LogP contribution in [-0.4, -0.2) is 37.5 Å². The van der Waals surface area contributed by atoms with Crippen molar-refractivity contribution in [2.75, 3.05) is 26.7 Å². The zero-order valence-corrected chi connectivity index (χ0v) is 18.2. The van der Waals surface area contributed by atoms with Crippen LogP contribution in [0.3, 0.4) is 0 Å². The van der Waals surface area contributed by atoms with Gasteiger partial charge in [-0.3, -0.25) is 4.79 Å². The standard InChI is InChI=1S/C22H27N3O2.2ClH/c1-25(13-4-5-17-8-10-18(15-23)11-9-17)14-12-24-22(26)21-20-7-3-2-6-19(20)16-27-21;;/h2-3,6-11,16H,4-5,12-15,23H2,1H3,(H,24,26);2*1H. The van der Waals surface area contributed by atoms with E-state index in [9.17, 15) is 4.79 Å². The molecule has 0 aliphatic rings. The van der Waals surface area contributed by atoms with E-state index in [1.54, 1.807) is 6.26 Å². The number of fused-ring (bicyclic) bond motifs is 1. The van der Waals surface area contributed by atoms with Gasteiger partial charge in [-0.1, -0.05) is 48.5 Å². The summed E-state index contributed by atoms with van der Waals surface area (Å²) < 4.78 is 5.43. The van der Waals surface area contributed by atoms with Crippen molar-refractivity contribution in [3.63, 3.8) is 0 Å². The van der Waals surface area contributed by atoms with Crippen LogP contribution in [-0.2, 0) is 13.0 Å². The van der Waals surface area contributed by atoms with Crippen LogP contribution in [0.2, 0.25) is 0 Å². The molecule has 0 aliphatic heterocycles. The summed E-state index contributed by atoms with van der Waals surface area (Å²) >= 11 is 0. The molecule has 0 fully saturated rings. The highest BCUT2D eigenvalue weighted by Crippen LogP contribution is 2.20. The van der Waals surface area contributed by atoms with Crippen LogP contribution >= 0.6 is 24.8 Å². The molecular formula is C22H29Cl2N3O2. The Bertz CT molecular complexity index is 881. The summed E-state index contributed by atoms with van der Waals surface area (Å²) in [6.07, 6.45) is 3.74. The van der Waals surface area contributed by atoms with Gasteiger partial charge >= 0.3 is 0 Å². The van der Waals surface area contributed by atoms with Crippen LogP contribution in [0.25, 0.3) is 10.8 Å². The predicted molar refractivity (Wildman–Crippen MR) is 123 cm³/mol. The number of nitrogens with zero attached hydrogens (tertiary/aromatic N) is 1. The molecule has 0 atom stereocenters. The van der Waals surface area contributed by atoms with Gasteiger partial charge in [-0.15, -0.1) is 24.8 Å². The predicted octanol–water partition coefficient (Wildman–Crippen LogP) is 4.03. The van der Waals surface area contributed by atoms with Crippen LogP contribution in [0, 0.1) is 0 Å². The van der Waals surface area contributed by atoms with Crippen molar-refractivity contribution in [1.82, 2.24) is 10.2 Å². The summed E-state index contributed by atoms with van der Waals surface area (Å²) in [6, 6.07) is 16.2. The van der Waals surface area contributed by atoms with E-state index in [2.05, 4.69) is 41.5 Å². The molecule has 3 rings (SSSR count). The average Bonchev–Trinajstić information content (AvgIpc) is 3.13. The van der Waals surface area contributed by atoms with Gasteiger partial charge in [0.25, 0.3) is 5.91 Å². The van der Waals surface area contributed by atoms with Gasteiger partial charge in [-0.2, -0.15) is 0 Å². The molecule has 0 bridgehead atoms. The number of carbonyl (C=O) groups is 1. The number of benzene rings is 2. The van der Waals surface area contributed by atoms with E-state index >= 15 is 0 Å². The highest BCUT2D eigenvalue weighted by molar-refractivity contribution is 6.04. The van der Waals surface area contributed by atoms with Gasteiger partial charge in [0.2, 0.25) is 0 Å². The fourth-order valence-electron chi connectivity index (χ4n) is 3.12. The van der Waals surface area contributed by atoms with Gasteiger partial charge in [0.15, 0.2) is 5.76 Å². The van der Waals surface area contributed by atoms with Gasteiger partial charge in [0, 0.05) is 30.4 Å². The normalized spacial score (nSPS) is 10.4. The van der Waals surface area contributed by atoms with Crippen molar-refractivity contribution in [2.45, 2.75) is 19.4 Å². The molecule has 0 radical (unpaired) electrons. The number of carbonyl (C=O) groups excluding carboxylic acids is 1. The summed E-state index contributed by atoms with van der Waals surface area (Å²) in [7, 11) is 2.08. The lowest BCUT2D eigenvalue weighted by atomic mass is 10.1. The van der Waals surface area contributed by atoms with Crippen molar-refractivity contribution in [1.29, 1.82) is 0 Å². The van der Waals surface area contributed by atoms with E-state index in [0.29, 0.717) is 18.8 Å². The molecule has 3 N–H and O–H groups in total. The first-order valence-corrected chi connectivity index (χ1v) is 9.38. The average molecular weight is 438 g/mol. The van der Waals surface area contributed by atoms with Crippen LogP contribution in [0.5, 0.6) is 0 Å². The fraction of sp³-hybridized carbons (Fsp3) is 0.318. The molecule has 0 saturated carbocycles. The summed E-state index contributed by atoms with van der Waals surface area (Å²) in [6.45, 7) is 2.97. The maximum absolute atomic E-state index is 12.3. The van der Waals surface area contributed by atoms with Crippen LogP contribution in [0.4, 0.5) is 0 Å².